The van der Waals surface area contributed by atoms with Crippen LogP contribution in [0.2, 0.25) is 0 Å². The van der Waals surface area contributed by atoms with Crippen LogP contribution in [0.15, 0.2) is 53.1 Å². The molecule has 3 rings (SSSR count). The maximum absolute atomic E-state index is 12.5. The van der Waals surface area contributed by atoms with Crippen molar-refractivity contribution in [1.82, 2.24) is 9.88 Å². The number of hydrogen-bond donors (Lipinski definition) is 1. The molecular weight excluding hydrogens is 354 g/mol. The van der Waals surface area contributed by atoms with Crippen molar-refractivity contribution in [3.63, 3.8) is 0 Å². The first-order chi connectivity index (χ1) is 12.1. The van der Waals surface area contributed by atoms with E-state index in [1.807, 2.05) is 42.3 Å². The first kappa shape index (κ1) is 17.7. The lowest BCUT2D eigenvalue weighted by Gasteiger charge is -2.25. The number of aromatic nitrogens is 1. The van der Waals surface area contributed by atoms with Crippen molar-refractivity contribution < 1.29 is 9.59 Å². The number of nitrogens with one attached hydrogen (secondary N) is 1. The molecule has 5 nitrogen and oxygen atoms in total. The first-order valence-electron chi connectivity index (χ1n) is 7.89. The van der Waals surface area contributed by atoms with E-state index in [4.69, 9.17) is 0 Å². The third-order valence-electron chi connectivity index (χ3n) is 4.04. The van der Waals surface area contributed by atoms with Gasteiger partial charge in [0, 0.05) is 16.6 Å². The molecule has 1 unspecified atom stereocenters. The molecule has 2 amide bonds. The van der Waals surface area contributed by atoms with E-state index >= 15 is 0 Å². The van der Waals surface area contributed by atoms with Gasteiger partial charge in [0.2, 0.25) is 5.91 Å². The summed E-state index contributed by atoms with van der Waals surface area (Å²) in [6.45, 7) is 4.40. The predicted octanol–water partition coefficient (Wildman–Crippen LogP) is 3.52. The molecule has 25 heavy (non-hydrogen) atoms. The lowest BCUT2D eigenvalue weighted by Crippen LogP contribution is -2.33. The summed E-state index contributed by atoms with van der Waals surface area (Å²) in [6.07, 6.45) is 1.64. The number of anilines is 1. The molecule has 2 aromatic heterocycles. The van der Waals surface area contributed by atoms with Gasteiger partial charge in [0.05, 0.1) is 12.3 Å². The SMILES string of the molecule is CC1=C(C)C(SCC(=O)Nc2ccccn2)N(Cc2cccs2)C1=O. The van der Waals surface area contributed by atoms with Crippen LogP contribution >= 0.6 is 23.1 Å². The molecule has 130 valence electrons. The number of carbonyl (C=O) groups is 2. The molecule has 1 aliphatic rings. The van der Waals surface area contributed by atoms with Crippen LogP contribution < -0.4 is 5.32 Å². The van der Waals surface area contributed by atoms with Crippen LogP contribution in [0.1, 0.15) is 18.7 Å². The molecule has 0 radical (unpaired) electrons. The minimum Gasteiger partial charge on any atom is -0.318 e. The summed E-state index contributed by atoms with van der Waals surface area (Å²) < 4.78 is 0. The van der Waals surface area contributed by atoms with Crippen LogP contribution in [0.4, 0.5) is 5.82 Å². The van der Waals surface area contributed by atoms with Gasteiger partial charge in [-0.1, -0.05) is 12.1 Å². The zero-order valence-corrected chi connectivity index (χ0v) is 15.7. The summed E-state index contributed by atoms with van der Waals surface area (Å²) in [5, 5.41) is 4.67. The number of pyridine rings is 1. The molecule has 3 heterocycles. The molecule has 1 N–H and O–H groups in total. The van der Waals surface area contributed by atoms with Gasteiger partial charge < -0.3 is 10.2 Å². The molecule has 7 heteroatoms. The molecule has 0 saturated heterocycles. The molecule has 0 aromatic carbocycles. The highest BCUT2D eigenvalue weighted by atomic mass is 32.2. The normalized spacial score (nSPS) is 17.3. The number of nitrogens with zero attached hydrogens (tertiary/aromatic N) is 2. The fourth-order valence-electron chi connectivity index (χ4n) is 2.62. The molecule has 0 bridgehead atoms. The highest BCUT2D eigenvalue weighted by Gasteiger charge is 2.35. The summed E-state index contributed by atoms with van der Waals surface area (Å²) in [6, 6.07) is 9.38. The van der Waals surface area contributed by atoms with Crippen molar-refractivity contribution in [1.29, 1.82) is 0 Å². The predicted molar refractivity (Wildman–Crippen MR) is 102 cm³/mol. The van der Waals surface area contributed by atoms with E-state index in [2.05, 4.69) is 10.3 Å². The Bertz CT molecular complexity index is 788. The van der Waals surface area contributed by atoms with E-state index in [9.17, 15) is 9.59 Å². The number of thiophene rings is 1. The zero-order valence-electron chi connectivity index (χ0n) is 14.1. The smallest absolute Gasteiger partial charge is 0.251 e. The average molecular weight is 374 g/mol. The highest BCUT2D eigenvalue weighted by Crippen LogP contribution is 2.34. The van der Waals surface area contributed by atoms with Crippen molar-refractivity contribution in [2.75, 3.05) is 11.1 Å². The fourth-order valence-corrected chi connectivity index (χ4v) is 4.48. The second kappa shape index (κ2) is 7.84. The number of carbonyl (C=O) groups excluding carboxylic acids is 2. The summed E-state index contributed by atoms with van der Waals surface area (Å²) in [5.74, 6) is 0.729. The van der Waals surface area contributed by atoms with Gasteiger partial charge in [0.15, 0.2) is 0 Å². The lowest BCUT2D eigenvalue weighted by molar-refractivity contribution is -0.126. The molecule has 2 aromatic rings. The van der Waals surface area contributed by atoms with E-state index < -0.39 is 0 Å². The molecular formula is C18H19N3O2S2. The second-order valence-corrected chi connectivity index (χ2v) is 7.85. The highest BCUT2D eigenvalue weighted by molar-refractivity contribution is 8.00. The summed E-state index contributed by atoms with van der Waals surface area (Å²) >= 11 is 3.10. The van der Waals surface area contributed by atoms with Gasteiger partial charge >= 0.3 is 0 Å². The summed E-state index contributed by atoms with van der Waals surface area (Å²) in [5.41, 5.74) is 1.80. The Kier molecular flexibility index (Phi) is 5.55. The van der Waals surface area contributed by atoms with Crippen LogP contribution in [0, 0.1) is 0 Å². The Hall–Kier alpha value is -2.12. The van der Waals surface area contributed by atoms with Crippen molar-refractivity contribution in [2.45, 2.75) is 25.8 Å². The standard InChI is InChI=1S/C18H19N3O2S2/c1-12-13(2)18(21(17(12)23)10-14-6-5-9-24-14)25-11-16(22)20-15-7-3-4-8-19-15/h3-9,18H,10-11H2,1-2H3,(H,19,20,22). The van der Waals surface area contributed by atoms with Crippen molar-refractivity contribution >= 4 is 40.7 Å². The van der Waals surface area contributed by atoms with Gasteiger partial charge in [-0.2, -0.15) is 0 Å². The van der Waals surface area contributed by atoms with Crippen LogP contribution in [0.25, 0.3) is 0 Å². The summed E-state index contributed by atoms with van der Waals surface area (Å²) in [4.78, 5) is 31.8. The Morgan fingerprint density at radius 3 is 2.84 bits per heavy atom. The number of rotatable bonds is 6. The molecule has 0 saturated carbocycles. The van der Waals surface area contributed by atoms with Crippen molar-refractivity contribution in [3.05, 3.63) is 57.9 Å². The maximum atomic E-state index is 12.5. The van der Waals surface area contributed by atoms with E-state index in [-0.39, 0.29) is 22.9 Å². The van der Waals surface area contributed by atoms with E-state index in [0.717, 1.165) is 16.0 Å². The van der Waals surface area contributed by atoms with E-state index in [0.29, 0.717) is 12.4 Å². The minimum atomic E-state index is -0.121. The van der Waals surface area contributed by atoms with Gasteiger partial charge in [-0.25, -0.2) is 4.98 Å². The van der Waals surface area contributed by atoms with Gasteiger partial charge in [-0.05, 0) is 43.0 Å². The Morgan fingerprint density at radius 2 is 2.16 bits per heavy atom. The maximum Gasteiger partial charge on any atom is 0.251 e. The molecule has 1 aliphatic heterocycles. The minimum absolute atomic E-state index is 0.0496. The average Bonchev–Trinajstić information content (AvgIpc) is 3.19. The molecule has 0 fully saturated rings. The Balaban J connectivity index is 1.64. The van der Waals surface area contributed by atoms with Gasteiger partial charge in [-0.15, -0.1) is 23.1 Å². The fraction of sp³-hybridized carbons (Fsp3) is 0.278. The Morgan fingerprint density at radius 1 is 1.32 bits per heavy atom. The summed E-state index contributed by atoms with van der Waals surface area (Å²) in [7, 11) is 0. The molecule has 0 aliphatic carbocycles. The largest absolute Gasteiger partial charge is 0.318 e. The van der Waals surface area contributed by atoms with Gasteiger partial charge in [0.1, 0.15) is 11.2 Å². The quantitative estimate of drug-likeness (QED) is 0.842. The number of hydrogen-bond acceptors (Lipinski definition) is 5. The third-order valence-corrected chi connectivity index (χ3v) is 6.25. The van der Waals surface area contributed by atoms with E-state index in [1.54, 1.807) is 29.7 Å². The van der Waals surface area contributed by atoms with E-state index in [1.165, 1.54) is 11.8 Å². The monoisotopic (exact) mass is 373 g/mol. The Labute approximate surface area is 155 Å². The first-order valence-corrected chi connectivity index (χ1v) is 9.82. The van der Waals surface area contributed by atoms with Crippen LogP contribution in [0.5, 0.6) is 0 Å². The van der Waals surface area contributed by atoms with Crippen LogP contribution in [-0.4, -0.2) is 32.8 Å². The van der Waals surface area contributed by atoms with Gasteiger partial charge in [-0.3, -0.25) is 9.59 Å². The van der Waals surface area contributed by atoms with Crippen molar-refractivity contribution in [2.24, 2.45) is 0 Å². The van der Waals surface area contributed by atoms with Crippen LogP contribution in [-0.2, 0) is 16.1 Å². The molecule has 0 spiro atoms. The lowest BCUT2D eigenvalue weighted by atomic mass is 10.2. The second-order valence-electron chi connectivity index (χ2n) is 5.75. The van der Waals surface area contributed by atoms with Crippen molar-refractivity contribution in [3.8, 4) is 0 Å². The van der Waals surface area contributed by atoms with Crippen LogP contribution in [0.3, 0.4) is 0 Å². The third kappa shape index (κ3) is 4.11. The number of amides is 2. The number of thioether (sulfide) groups is 1. The molecule has 1 atom stereocenters. The topological polar surface area (TPSA) is 62.3 Å². The zero-order chi connectivity index (χ0) is 17.8. The van der Waals surface area contributed by atoms with Gasteiger partial charge in [0.25, 0.3) is 5.91 Å².